The molecule has 1 amide bonds. The molecule has 0 aromatic rings. The summed E-state index contributed by atoms with van der Waals surface area (Å²) in [6.07, 6.45) is 6.17. The van der Waals surface area contributed by atoms with E-state index >= 15 is 0 Å². The van der Waals surface area contributed by atoms with Crippen molar-refractivity contribution in [3.05, 3.63) is 48.2 Å². The minimum atomic E-state index is -0.317. The molecule has 5 N–H and O–H groups in total. The number of amidine groups is 1. The number of nitrogens with two attached hydrogens (primary N) is 1. The lowest BCUT2D eigenvalue weighted by Crippen LogP contribution is -2.44. The van der Waals surface area contributed by atoms with Gasteiger partial charge in [0, 0.05) is 12.7 Å². The first-order valence-corrected chi connectivity index (χ1v) is 6.88. The highest BCUT2D eigenvalue weighted by atomic mass is 16.1. The number of rotatable bonds is 8. The normalized spacial score (nSPS) is 12.1. The summed E-state index contributed by atoms with van der Waals surface area (Å²) in [5.41, 5.74) is 9.97. The molecule has 0 saturated heterocycles. The second-order valence-corrected chi connectivity index (χ2v) is 4.48. The molecule has 1 unspecified atom stereocenters. The van der Waals surface area contributed by atoms with E-state index in [1.54, 1.807) is 13.1 Å². The summed E-state index contributed by atoms with van der Waals surface area (Å²) < 4.78 is 0. The van der Waals surface area contributed by atoms with Crippen molar-refractivity contribution in [3.63, 3.8) is 0 Å². The van der Waals surface area contributed by atoms with E-state index in [1.807, 2.05) is 32.9 Å². The summed E-state index contributed by atoms with van der Waals surface area (Å²) in [7, 11) is 3.16. The third kappa shape index (κ3) is 9.55. The highest BCUT2D eigenvalue weighted by Gasteiger charge is 2.17. The van der Waals surface area contributed by atoms with Crippen molar-refractivity contribution in [1.82, 2.24) is 16.1 Å². The fourth-order valence-corrected chi connectivity index (χ4v) is 1.38. The fraction of sp³-hybridized carbons (Fsp3) is 0.375. The quantitative estimate of drug-likeness (QED) is 0.136. The van der Waals surface area contributed by atoms with Crippen LogP contribution in [0.3, 0.4) is 0 Å². The number of amides is 1. The maximum Gasteiger partial charge on any atom is 0.212 e. The SMILES string of the molecule is C=C/C(=C\C=C(C)C)NC(C(=C)C)/C(=N/NC)NC=O.CN. The van der Waals surface area contributed by atoms with Gasteiger partial charge in [-0.1, -0.05) is 30.4 Å². The summed E-state index contributed by atoms with van der Waals surface area (Å²) in [4.78, 5) is 10.7. The van der Waals surface area contributed by atoms with Gasteiger partial charge in [-0.15, -0.1) is 0 Å². The lowest BCUT2D eigenvalue weighted by Gasteiger charge is -2.21. The second kappa shape index (κ2) is 13.6. The minimum absolute atomic E-state index is 0.317. The average Bonchev–Trinajstić information content (AvgIpc) is 2.49. The van der Waals surface area contributed by atoms with Gasteiger partial charge >= 0.3 is 0 Å². The van der Waals surface area contributed by atoms with Crippen LogP contribution in [0.1, 0.15) is 20.8 Å². The zero-order chi connectivity index (χ0) is 17.5. The molecule has 0 saturated carbocycles. The van der Waals surface area contributed by atoms with Crippen LogP contribution in [0, 0.1) is 0 Å². The lowest BCUT2D eigenvalue weighted by atomic mass is 10.1. The molecule has 0 aliphatic carbocycles. The van der Waals surface area contributed by atoms with Crippen molar-refractivity contribution in [1.29, 1.82) is 0 Å². The van der Waals surface area contributed by atoms with Gasteiger partial charge in [0.25, 0.3) is 0 Å². The van der Waals surface area contributed by atoms with E-state index in [0.717, 1.165) is 11.3 Å². The first kappa shape index (κ1) is 21.9. The van der Waals surface area contributed by atoms with Crippen molar-refractivity contribution in [2.45, 2.75) is 26.8 Å². The zero-order valence-corrected chi connectivity index (χ0v) is 14.2. The third-order valence-corrected chi connectivity index (χ3v) is 2.33. The predicted molar refractivity (Wildman–Crippen MR) is 95.3 cm³/mol. The largest absolute Gasteiger partial charge is 0.372 e. The Morgan fingerprint density at radius 1 is 1.23 bits per heavy atom. The standard InChI is InChI=1S/C15H24N4O.CH5N/c1-7-13(9-8-11(2)3)18-14(12(4)5)15(17-10-20)19-16-6;1-2/h7-10,14,16,18H,1,4H2,2-3,5-6H3,(H,17,19,20);2H2,1H3/b13-9+;. The Morgan fingerprint density at radius 2 is 1.82 bits per heavy atom. The Labute approximate surface area is 133 Å². The van der Waals surface area contributed by atoms with E-state index in [1.165, 1.54) is 12.6 Å². The first-order valence-electron chi connectivity index (χ1n) is 6.88. The number of nitrogens with one attached hydrogen (secondary N) is 3. The molecule has 124 valence electrons. The van der Waals surface area contributed by atoms with Gasteiger partial charge in [-0.3, -0.25) is 4.79 Å². The van der Waals surface area contributed by atoms with E-state index in [9.17, 15) is 4.79 Å². The van der Waals surface area contributed by atoms with Crippen molar-refractivity contribution >= 4 is 12.2 Å². The van der Waals surface area contributed by atoms with Crippen molar-refractivity contribution in [2.24, 2.45) is 10.8 Å². The molecule has 0 aliphatic rings. The third-order valence-electron chi connectivity index (χ3n) is 2.33. The molecule has 0 rings (SSSR count). The summed E-state index contributed by atoms with van der Waals surface area (Å²) in [5.74, 6) is 0.444. The van der Waals surface area contributed by atoms with Gasteiger partial charge < -0.3 is 21.8 Å². The molecule has 0 aliphatic heterocycles. The summed E-state index contributed by atoms with van der Waals surface area (Å²) in [5, 5.41) is 9.84. The molecule has 22 heavy (non-hydrogen) atoms. The van der Waals surface area contributed by atoms with Gasteiger partial charge in [0.2, 0.25) is 6.41 Å². The van der Waals surface area contributed by atoms with Gasteiger partial charge in [0.05, 0.1) is 0 Å². The number of hydrogen-bond donors (Lipinski definition) is 4. The van der Waals surface area contributed by atoms with Crippen LogP contribution in [0.5, 0.6) is 0 Å². The van der Waals surface area contributed by atoms with Crippen molar-refractivity contribution in [3.8, 4) is 0 Å². The molecule has 1 atom stereocenters. The van der Waals surface area contributed by atoms with E-state index < -0.39 is 0 Å². The number of hydrogen-bond acceptors (Lipinski definition) is 5. The Hall–Kier alpha value is -2.34. The van der Waals surface area contributed by atoms with Gasteiger partial charge in [-0.2, -0.15) is 5.10 Å². The summed E-state index contributed by atoms with van der Waals surface area (Å²) in [6.45, 7) is 13.6. The summed E-state index contributed by atoms with van der Waals surface area (Å²) >= 11 is 0. The van der Waals surface area contributed by atoms with E-state index in [2.05, 4.69) is 40.1 Å². The number of carbonyl (C=O) groups is 1. The Kier molecular flexibility index (Phi) is 13.6. The van der Waals surface area contributed by atoms with Crippen molar-refractivity contribution in [2.75, 3.05) is 14.1 Å². The maximum absolute atomic E-state index is 10.7. The van der Waals surface area contributed by atoms with Crippen LogP contribution >= 0.6 is 0 Å². The predicted octanol–water partition coefficient (Wildman–Crippen LogP) is 1.41. The van der Waals surface area contributed by atoms with Crippen LogP contribution in [0.15, 0.2) is 53.3 Å². The van der Waals surface area contributed by atoms with Gasteiger partial charge in [0.15, 0.2) is 5.84 Å². The van der Waals surface area contributed by atoms with Crippen LogP contribution in [0.4, 0.5) is 0 Å². The number of carbonyl (C=O) groups excluding carboxylic acids is 1. The smallest absolute Gasteiger partial charge is 0.212 e. The summed E-state index contributed by atoms with van der Waals surface area (Å²) in [6, 6.07) is -0.317. The molecule has 0 aromatic heterocycles. The number of hydrazone groups is 1. The lowest BCUT2D eigenvalue weighted by molar-refractivity contribution is -0.108. The molecule has 6 heteroatoms. The maximum atomic E-state index is 10.7. The molecule has 0 aromatic carbocycles. The second-order valence-electron chi connectivity index (χ2n) is 4.48. The number of nitrogens with zero attached hydrogens (tertiary/aromatic N) is 1. The molecule has 0 bridgehead atoms. The van der Waals surface area contributed by atoms with E-state index in [-0.39, 0.29) is 6.04 Å². The molecule has 0 fully saturated rings. The Morgan fingerprint density at radius 3 is 2.18 bits per heavy atom. The molecule has 0 spiro atoms. The van der Waals surface area contributed by atoms with Gasteiger partial charge in [-0.25, -0.2) is 0 Å². The Bertz CT molecular complexity index is 445. The average molecular weight is 307 g/mol. The van der Waals surface area contributed by atoms with Crippen LogP contribution in [-0.4, -0.2) is 32.4 Å². The minimum Gasteiger partial charge on any atom is -0.372 e. The molecular formula is C16H29N5O. The zero-order valence-electron chi connectivity index (χ0n) is 14.2. The topological polar surface area (TPSA) is 91.5 Å². The van der Waals surface area contributed by atoms with E-state index in [0.29, 0.717) is 12.2 Å². The monoisotopic (exact) mass is 307 g/mol. The molecule has 0 radical (unpaired) electrons. The number of allylic oxidation sites excluding steroid dienone is 4. The highest BCUT2D eigenvalue weighted by Crippen LogP contribution is 2.05. The van der Waals surface area contributed by atoms with Crippen LogP contribution in [0.2, 0.25) is 0 Å². The molecule has 0 heterocycles. The first-order chi connectivity index (χ1) is 10.5. The fourth-order valence-electron chi connectivity index (χ4n) is 1.38. The van der Waals surface area contributed by atoms with E-state index in [4.69, 9.17) is 0 Å². The highest BCUT2D eigenvalue weighted by molar-refractivity contribution is 5.96. The molecule has 6 nitrogen and oxygen atoms in total. The van der Waals surface area contributed by atoms with Crippen molar-refractivity contribution < 1.29 is 4.79 Å². The van der Waals surface area contributed by atoms with Crippen LogP contribution in [-0.2, 0) is 4.79 Å². The molecular weight excluding hydrogens is 278 g/mol. The van der Waals surface area contributed by atoms with Crippen LogP contribution < -0.4 is 21.8 Å². The Balaban J connectivity index is 0. The van der Waals surface area contributed by atoms with Crippen LogP contribution in [0.25, 0.3) is 0 Å². The van der Waals surface area contributed by atoms with Gasteiger partial charge in [0.1, 0.15) is 6.04 Å². The van der Waals surface area contributed by atoms with Gasteiger partial charge in [-0.05, 0) is 40.0 Å².